The van der Waals surface area contributed by atoms with Gasteiger partial charge in [0.2, 0.25) is 0 Å². The summed E-state index contributed by atoms with van der Waals surface area (Å²) >= 11 is 0. The highest BCUT2D eigenvalue weighted by Crippen LogP contribution is 2.44. The molecule has 0 unspecified atom stereocenters. The molecule has 0 fully saturated rings. The van der Waals surface area contributed by atoms with E-state index in [0.717, 1.165) is 12.1 Å². The smallest absolute Gasteiger partial charge is 0.407 e. The van der Waals surface area contributed by atoms with Gasteiger partial charge in [0.1, 0.15) is 6.61 Å². The molecule has 0 spiro atoms. The maximum absolute atomic E-state index is 11.5. The van der Waals surface area contributed by atoms with Crippen LogP contribution in [0.2, 0.25) is 0 Å². The van der Waals surface area contributed by atoms with Crippen molar-refractivity contribution in [3.63, 3.8) is 0 Å². The number of rotatable bonds is 3. The highest BCUT2D eigenvalue weighted by molar-refractivity contribution is 6.00. The Morgan fingerprint density at radius 2 is 1.10 bits per heavy atom. The average Bonchev–Trinajstić information content (AvgIpc) is 3.46. The first-order valence-corrected chi connectivity index (χ1v) is 13.2. The lowest BCUT2D eigenvalue weighted by atomic mass is 9.98. The molecule has 6 nitrogen and oxygen atoms in total. The van der Waals surface area contributed by atoms with Gasteiger partial charge in [-0.3, -0.25) is 0 Å². The summed E-state index contributed by atoms with van der Waals surface area (Å²) in [6.45, 7) is 9.62. The van der Waals surface area contributed by atoms with Crippen LogP contribution in [-0.4, -0.2) is 31.9 Å². The molecule has 4 aromatic rings. The standard InChI is InChI=1S/C17H17NO2.C14H10.C2H7N.CO2/c1-2-18-17(19)20-11-16-14-9-5-3-7-12(14)13-8-4-6-10-15(13)16;1-10-11-6-2-4-8-13(11)14-9-5-3-7-12(10)14;1-2-3;2-1-3/h3-10,16H,2,11H2,1H3,(H,18,19);2-9H,1H2;2-3H2,1H3;. The van der Waals surface area contributed by atoms with Gasteiger partial charge in [-0.05, 0) is 63.5 Å². The van der Waals surface area contributed by atoms with Crippen LogP contribution in [0.5, 0.6) is 0 Å². The van der Waals surface area contributed by atoms with Crippen LogP contribution in [0.1, 0.15) is 42.0 Å². The molecule has 1 amide bonds. The largest absolute Gasteiger partial charge is 0.449 e. The predicted molar refractivity (Wildman–Crippen MR) is 158 cm³/mol. The van der Waals surface area contributed by atoms with Gasteiger partial charge in [0.05, 0.1) is 0 Å². The summed E-state index contributed by atoms with van der Waals surface area (Å²) in [5, 5.41) is 2.66. The van der Waals surface area contributed by atoms with E-state index in [1.54, 1.807) is 0 Å². The number of nitrogens with two attached hydrogens (primary N) is 1. The number of amides is 1. The number of alkyl carbamates (subject to hydrolysis) is 1. The van der Waals surface area contributed by atoms with E-state index in [0.29, 0.717) is 13.2 Å². The van der Waals surface area contributed by atoms with Crippen LogP contribution in [0, 0.1) is 0 Å². The van der Waals surface area contributed by atoms with Gasteiger partial charge in [-0.2, -0.15) is 9.59 Å². The van der Waals surface area contributed by atoms with E-state index in [1.165, 1.54) is 44.5 Å². The van der Waals surface area contributed by atoms with Crippen LogP contribution >= 0.6 is 0 Å². The molecule has 6 heteroatoms. The third-order valence-corrected chi connectivity index (χ3v) is 6.46. The van der Waals surface area contributed by atoms with Crippen molar-refractivity contribution in [2.75, 3.05) is 19.7 Å². The van der Waals surface area contributed by atoms with E-state index >= 15 is 0 Å². The highest BCUT2D eigenvalue weighted by atomic mass is 16.5. The van der Waals surface area contributed by atoms with Crippen LogP contribution in [0.3, 0.4) is 0 Å². The molecule has 0 saturated carbocycles. The second kappa shape index (κ2) is 15.0. The van der Waals surface area contributed by atoms with E-state index in [4.69, 9.17) is 20.1 Å². The first-order valence-electron chi connectivity index (χ1n) is 13.2. The monoisotopic (exact) mass is 534 g/mol. The summed E-state index contributed by atoms with van der Waals surface area (Å²) < 4.78 is 5.33. The highest BCUT2D eigenvalue weighted by Gasteiger charge is 2.28. The van der Waals surface area contributed by atoms with E-state index in [-0.39, 0.29) is 18.2 Å². The van der Waals surface area contributed by atoms with Crippen LogP contribution in [0.4, 0.5) is 4.79 Å². The van der Waals surface area contributed by atoms with E-state index in [2.05, 4.69) is 84.7 Å². The molecule has 0 saturated heterocycles. The fourth-order valence-electron chi connectivity index (χ4n) is 4.90. The molecule has 0 radical (unpaired) electrons. The van der Waals surface area contributed by atoms with Crippen molar-refractivity contribution in [3.05, 3.63) is 126 Å². The Hall–Kier alpha value is -4.77. The number of carbonyl (C=O) groups is 1. The number of hydrogen-bond donors (Lipinski definition) is 2. The number of benzene rings is 4. The molecule has 0 aliphatic heterocycles. The van der Waals surface area contributed by atoms with Gasteiger partial charge in [0.15, 0.2) is 0 Å². The Labute approximate surface area is 235 Å². The summed E-state index contributed by atoms with van der Waals surface area (Å²) in [6, 6.07) is 33.5. The van der Waals surface area contributed by atoms with Gasteiger partial charge in [-0.25, -0.2) is 4.79 Å². The topological polar surface area (TPSA) is 98.5 Å². The minimum Gasteiger partial charge on any atom is -0.449 e. The third-order valence-electron chi connectivity index (χ3n) is 6.46. The molecule has 40 heavy (non-hydrogen) atoms. The number of nitrogens with one attached hydrogen (secondary N) is 1. The Bertz CT molecular complexity index is 1400. The van der Waals surface area contributed by atoms with Gasteiger partial charge >= 0.3 is 12.2 Å². The van der Waals surface area contributed by atoms with Crippen molar-refractivity contribution in [1.82, 2.24) is 5.32 Å². The number of fused-ring (bicyclic) bond motifs is 6. The minimum atomic E-state index is -0.352. The predicted octanol–water partition coefficient (Wildman–Crippen LogP) is 6.66. The summed E-state index contributed by atoms with van der Waals surface area (Å²) in [5.74, 6) is 0.130. The molecule has 4 aromatic carbocycles. The number of carbonyl (C=O) groups excluding carboxylic acids is 3. The summed E-state index contributed by atoms with van der Waals surface area (Å²) in [4.78, 5) is 27.7. The van der Waals surface area contributed by atoms with Gasteiger partial charge in [-0.1, -0.05) is 111 Å². The third kappa shape index (κ3) is 6.80. The fourth-order valence-corrected chi connectivity index (χ4v) is 4.90. The molecule has 0 bridgehead atoms. The van der Waals surface area contributed by atoms with Gasteiger partial charge < -0.3 is 15.8 Å². The average molecular weight is 535 g/mol. The number of hydrogen-bond acceptors (Lipinski definition) is 5. The van der Waals surface area contributed by atoms with Crippen molar-refractivity contribution in [2.24, 2.45) is 5.73 Å². The maximum Gasteiger partial charge on any atom is 0.407 e. The van der Waals surface area contributed by atoms with Crippen molar-refractivity contribution >= 4 is 17.8 Å². The summed E-state index contributed by atoms with van der Waals surface area (Å²) in [7, 11) is 0. The molecule has 2 aliphatic carbocycles. The fraction of sp³-hybridized carbons (Fsp3) is 0.176. The van der Waals surface area contributed by atoms with Crippen molar-refractivity contribution in [2.45, 2.75) is 19.8 Å². The van der Waals surface area contributed by atoms with Crippen LogP contribution in [-0.2, 0) is 14.3 Å². The second-order valence-corrected chi connectivity index (χ2v) is 8.92. The van der Waals surface area contributed by atoms with E-state index < -0.39 is 0 Å². The van der Waals surface area contributed by atoms with Crippen molar-refractivity contribution in [3.8, 4) is 22.3 Å². The molecule has 2 aliphatic rings. The molecule has 204 valence electrons. The Kier molecular flexibility index (Phi) is 11.2. The van der Waals surface area contributed by atoms with Crippen LogP contribution in [0.15, 0.2) is 104 Å². The first kappa shape index (κ1) is 29.8. The zero-order chi connectivity index (χ0) is 28.9. The lowest BCUT2D eigenvalue weighted by molar-refractivity contribution is -0.191. The quantitative estimate of drug-likeness (QED) is 0.270. The molecule has 0 atom stereocenters. The minimum absolute atomic E-state index is 0.130. The Morgan fingerprint density at radius 3 is 1.50 bits per heavy atom. The Morgan fingerprint density at radius 1 is 0.750 bits per heavy atom. The van der Waals surface area contributed by atoms with Crippen molar-refractivity contribution in [1.29, 1.82) is 0 Å². The maximum atomic E-state index is 11.5. The zero-order valence-corrected chi connectivity index (χ0v) is 22.9. The zero-order valence-electron chi connectivity index (χ0n) is 22.9. The number of ether oxygens (including phenoxy) is 1. The second-order valence-electron chi connectivity index (χ2n) is 8.92. The molecular weight excluding hydrogens is 500 g/mol. The normalized spacial score (nSPS) is 11.3. The van der Waals surface area contributed by atoms with Crippen molar-refractivity contribution < 1.29 is 19.1 Å². The molecule has 0 aromatic heterocycles. The van der Waals surface area contributed by atoms with Crippen LogP contribution in [0.25, 0.3) is 27.8 Å². The lowest BCUT2D eigenvalue weighted by Crippen LogP contribution is -2.25. The molecular formula is C34H34N2O4. The summed E-state index contributed by atoms with van der Waals surface area (Å²) in [6.07, 6.45) is -0.102. The Balaban J connectivity index is 0.000000191. The van der Waals surface area contributed by atoms with Gasteiger partial charge in [0.25, 0.3) is 0 Å². The van der Waals surface area contributed by atoms with E-state index in [1.807, 2.05) is 38.1 Å². The van der Waals surface area contributed by atoms with E-state index in [9.17, 15) is 4.79 Å². The van der Waals surface area contributed by atoms with Gasteiger partial charge in [0, 0.05) is 12.5 Å². The SMILES string of the molecule is C=C1c2ccccc2-c2ccccc21.CCN.CCNC(=O)OCC1c2ccccc2-c2ccccc21.O=C=O. The van der Waals surface area contributed by atoms with Crippen LogP contribution < -0.4 is 11.1 Å². The molecule has 0 heterocycles. The first-order chi connectivity index (χ1) is 19.5. The lowest BCUT2D eigenvalue weighted by Gasteiger charge is -2.14. The van der Waals surface area contributed by atoms with Gasteiger partial charge in [-0.15, -0.1) is 0 Å². The molecule has 3 N–H and O–H groups in total. The summed E-state index contributed by atoms with van der Waals surface area (Å²) in [5.41, 5.74) is 16.1. The molecule has 6 rings (SSSR count).